The average molecular weight is 1020 g/mol. The third kappa shape index (κ3) is 9.85. The molecule has 0 aliphatic carbocycles. The average Bonchev–Trinajstić information content (AvgIpc) is 3.35. The van der Waals surface area contributed by atoms with Crippen LogP contribution in [-0.2, 0) is 38.2 Å². The number of hydrogen-bond donors (Lipinski definition) is 2. The highest BCUT2D eigenvalue weighted by atomic mass is 35.5. The number of para-hydroxylation sites is 1. The number of methoxy groups -OCH3 is 3. The summed E-state index contributed by atoms with van der Waals surface area (Å²) >= 11 is 26.2. The molecular formula is C50H46Cl4N10O6. The van der Waals surface area contributed by atoms with E-state index >= 15 is 0 Å². The molecular weight excluding hydrogens is 978 g/mol. The molecule has 16 nitrogen and oxygen atoms in total. The van der Waals surface area contributed by atoms with Gasteiger partial charge in [-0.3, -0.25) is 23.5 Å². The Morgan fingerprint density at radius 3 is 1.81 bits per heavy atom. The lowest BCUT2D eigenvalue weighted by Crippen LogP contribution is -2.22. The molecule has 20 heteroatoms. The van der Waals surface area contributed by atoms with Crippen molar-refractivity contribution in [3.05, 3.63) is 148 Å². The SMILES string of the molecule is C=CC(=O)Cc1cccc(C)c1Nc1ncc2nc(-c3c(Cl)c(OC)cc(OC)c3Cl)c(=O)n(C)c2n1.CCc1cc(OC)c(Cl)c(-c2nc3cnc(Cc4c(C)cccc4N)nc3n(C)c2=O)c1Cl. The van der Waals surface area contributed by atoms with E-state index in [4.69, 9.17) is 66.3 Å². The van der Waals surface area contributed by atoms with Crippen LogP contribution in [0.5, 0.6) is 17.2 Å². The molecule has 4 aromatic heterocycles. The first kappa shape index (κ1) is 50.8. The minimum atomic E-state index is -0.482. The van der Waals surface area contributed by atoms with Crippen LogP contribution in [0.2, 0.25) is 20.1 Å². The number of benzene rings is 4. The Kier molecular flexibility index (Phi) is 15.4. The lowest BCUT2D eigenvalue weighted by molar-refractivity contribution is -0.114. The van der Waals surface area contributed by atoms with Gasteiger partial charge in [0, 0.05) is 49.9 Å². The maximum atomic E-state index is 13.4. The number of hydrogen-bond acceptors (Lipinski definition) is 14. The Morgan fingerprint density at radius 2 is 1.26 bits per heavy atom. The zero-order valence-electron chi connectivity index (χ0n) is 39.3. The number of nitrogens with two attached hydrogens (primary N) is 1. The predicted molar refractivity (Wildman–Crippen MR) is 277 cm³/mol. The van der Waals surface area contributed by atoms with Crippen LogP contribution < -0.4 is 36.4 Å². The van der Waals surface area contributed by atoms with Gasteiger partial charge in [-0.25, -0.2) is 24.9 Å². The summed E-state index contributed by atoms with van der Waals surface area (Å²) in [5, 5.41) is 4.03. The Morgan fingerprint density at radius 1 is 0.729 bits per heavy atom. The number of nitrogens with one attached hydrogen (secondary N) is 1. The summed E-state index contributed by atoms with van der Waals surface area (Å²) in [4.78, 5) is 65.7. The molecule has 0 amide bonds. The molecule has 3 N–H and O–H groups in total. The Bertz CT molecular complexity index is 3450. The molecule has 0 aliphatic rings. The number of ketones is 1. The van der Waals surface area contributed by atoms with Crippen LogP contribution in [-0.4, -0.2) is 66.2 Å². The molecule has 8 rings (SSSR count). The molecule has 0 bridgehead atoms. The van der Waals surface area contributed by atoms with Crippen molar-refractivity contribution in [3.63, 3.8) is 0 Å². The van der Waals surface area contributed by atoms with E-state index in [9.17, 15) is 14.4 Å². The summed E-state index contributed by atoms with van der Waals surface area (Å²) in [7, 11) is 7.60. The van der Waals surface area contributed by atoms with Gasteiger partial charge < -0.3 is 25.3 Å². The Hall–Kier alpha value is -7.11. The number of carbonyl (C=O) groups is 1. The highest BCUT2D eigenvalue weighted by Gasteiger charge is 2.25. The number of carbonyl (C=O) groups excluding carboxylic acids is 1. The van der Waals surface area contributed by atoms with Crippen LogP contribution in [0.3, 0.4) is 0 Å². The normalized spacial score (nSPS) is 11.0. The highest BCUT2D eigenvalue weighted by Crippen LogP contribution is 2.45. The van der Waals surface area contributed by atoms with Gasteiger partial charge in [-0.1, -0.05) is 90.2 Å². The molecule has 0 unspecified atom stereocenters. The van der Waals surface area contributed by atoms with Gasteiger partial charge in [-0.2, -0.15) is 4.98 Å². The van der Waals surface area contributed by atoms with Crippen molar-refractivity contribution in [2.45, 2.75) is 40.0 Å². The second kappa shape index (κ2) is 21.3. The molecule has 70 heavy (non-hydrogen) atoms. The Labute approximate surface area is 422 Å². The zero-order valence-corrected chi connectivity index (χ0v) is 42.3. The highest BCUT2D eigenvalue weighted by molar-refractivity contribution is 6.41. The smallest absolute Gasteiger partial charge is 0.278 e. The Balaban J connectivity index is 0.000000208. The van der Waals surface area contributed by atoms with Gasteiger partial charge in [-0.15, -0.1) is 0 Å². The number of aryl methyl sites for hydroxylation is 5. The van der Waals surface area contributed by atoms with Gasteiger partial charge >= 0.3 is 0 Å². The first-order valence-electron chi connectivity index (χ1n) is 21.4. The van der Waals surface area contributed by atoms with Crippen molar-refractivity contribution in [2.24, 2.45) is 14.1 Å². The first-order valence-corrected chi connectivity index (χ1v) is 22.9. The van der Waals surface area contributed by atoms with E-state index in [0.29, 0.717) is 63.1 Å². The number of aromatic nitrogens is 8. The fraction of sp³-hybridized carbons (Fsp3) is 0.220. The standard InChI is InChI=1S/C26H23Cl2N5O4.C24H23Cl2N5O2/c1-6-15(34)10-14-9-7-8-13(2)22(14)31-26-29-12-16-24(32-26)33(3)25(35)23(30-16)19-20(27)17(36-4)11-18(37-5)21(19)28;1-5-13-9-17(33-4)21(26)19(20(13)25)22-24(32)31(3)23-16(29-22)11-28-18(30-23)10-14-12(2)7-6-8-15(14)27/h6-9,11-12H,1,10H2,2-5H3,(H,29,31,32);6-9,11H,5,10,27H2,1-4H3. The van der Waals surface area contributed by atoms with Crippen molar-refractivity contribution in [1.29, 1.82) is 0 Å². The molecule has 0 atom stereocenters. The van der Waals surface area contributed by atoms with Gasteiger partial charge in [0.25, 0.3) is 11.1 Å². The molecule has 4 aromatic carbocycles. The maximum absolute atomic E-state index is 13.4. The maximum Gasteiger partial charge on any atom is 0.278 e. The summed E-state index contributed by atoms with van der Waals surface area (Å²) in [6, 6.07) is 14.7. The number of anilines is 3. The van der Waals surface area contributed by atoms with Crippen molar-refractivity contribution in [3.8, 4) is 39.8 Å². The molecule has 0 saturated heterocycles. The fourth-order valence-corrected chi connectivity index (χ4v) is 9.08. The fourth-order valence-electron chi connectivity index (χ4n) is 7.66. The number of allylic oxidation sites excluding steroid dienone is 1. The topological polar surface area (TPSA) is 204 Å². The van der Waals surface area contributed by atoms with Crippen LogP contribution in [0.4, 0.5) is 17.3 Å². The van der Waals surface area contributed by atoms with Crippen molar-refractivity contribution < 1.29 is 19.0 Å². The van der Waals surface area contributed by atoms with E-state index < -0.39 is 5.56 Å². The van der Waals surface area contributed by atoms with E-state index in [2.05, 4.69) is 41.8 Å². The lowest BCUT2D eigenvalue weighted by Gasteiger charge is -2.16. The monoisotopic (exact) mass is 1020 g/mol. The van der Waals surface area contributed by atoms with E-state index in [1.807, 2.05) is 57.2 Å². The van der Waals surface area contributed by atoms with Crippen LogP contribution in [0, 0.1) is 13.8 Å². The number of halogens is 4. The predicted octanol–water partition coefficient (Wildman–Crippen LogP) is 9.81. The second-order valence-corrected chi connectivity index (χ2v) is 17.3. The van der Waals surface area contributed by atoms with Crippen molar-refractivity contribution in [1.82, 2.24) is 39.0 Å². The number of rotatable bonds is 13. The molecule has 8 aromatic rings. The zero-order chi connectivity index (χ0) is 50.7. The summed E-state index contributed by atoms with van der Waals surface area (Å²) in [6.07, 6.45) is 5.63. The number of fused-ring (bicyclic) bond motifs is 2. The van der Waals surface area contributed by atoms with Crippen LogP contribution in [0.25, 0.3) is 44.8 Å². The minimum Gasteiger partial charge on any atom is -0.495 e. The van der Waals surface area contributed by atoms with Gasteiger partial charge in [0.1, 0.15) is 45.5 Å². The molecule has 360 valence electrons. The van der Waals surface area contributed by atoms with Crippen LogP contribution in [0.15, 0.2) is 83.2 Å². The van der Waals surface area contributed by atoms with E-state index in [1.54, 1.807) is 26.4 Å². The number of nitrogen functional groups attached to an aromatic ring is 1. The third-order valence-electron chi connectivity index (χ3n) is 11.5. The minimum absolute atomic E-state index is 0.00404. The van der Waals surface area contributed by atoms with Gasteiger partial charge in [0.15, 0.2) is 17.1 Å². The van der Waals surface area contributed by atoms with Crippen molar-refractivity contribution in [2.75, 3.05) is 32.4 Å². The molecule has 0 spiro atoms. The van der Waals surface area contributed by atoms with Crippen LogP contribution in [0.1, 0.15) is 40.6 Å². The van der Waals surface area contributed by atoms with E-state index in [0.717, 1.165) is 27.8 Å². The number of ether oxygens (including phenoxy) is 3. The summed E-state index contributed by atoms with van der Waals surface area (Å²) in [6.45, 7) is 9.39. The quantitative estimate of drug-likeness (QED) is 0.0815. The summed E-state index contributed by atoms with van der Waals surface area (Å²) in [5.41, 5.74) is 13.3. The molecule has 0 radical (unpaired) electrons. The van der Waals surface area contributed by atoms with E-state index in [1.165, 1.54) is 48.8 Å². The van der Waals surface area contributed by atoms with Gasteiger partial charge in [0.2, 0.25) is 5.95 Å². The van der Waals surface area contributed by atoms with Crippen molar-refractivity contribution >= 4 is 91.8 Å². The summed E-state index contributed by atoms with van der Waals surface area (Å²) < 4.78 is 18.8. The lowest BCUT2D eigenvalue weighted by atomic mass is 10.0. The van der Waals surface area contributed by atoms with Crippen LogP contribution >= 0.6 is 46.4 Å². The van der Waals surface area contributed by atoms with E-state index in [-0.39, 0.29) is 72.9 Å². The second-order valence-electron chi connectivity index (χ2n) is 15.8. The summed E-state index contributed by atoms with van der Waals surface area (Å²) in [5.74, 6) is 1.65. The molecule has 0 saturated carbocycles. The largest absolute Gasteiger partial charge is 0.495 e. The van der Waals surface area contributed by atoms with Gasteiger partial charge in [-0.05, 0) is 66.3 Å². The first-order chi connectivity index (χ1) is 33.5. The molecule has 0 fully saturated rings. The third-order valence-corrected chi connectivity index (χ3v) is 13.1. The molecule has 0 aliphatic heterocycles. The number of nitrogens with zero attached hydrogens (tertiary/aromatic N) is 8. The molecule has 4 heterocycles. The van der Waals surface area contributed by atoms with Gasteiger partial charge in [0.05, 0.1) is 59.4 Å².